The lowest BCUT2D eigenvalue weighted by atomic mass is 9.99. The zero-order chi connectivity index (χ0) is 35.4. The monoisotopic (exact) mass is 686 g/mol. The molecule has 1 amide bonds. The smallest absolute Gasteiger partial charge is 0.249 e. The van der Waals surface area contributed by atoms with E-state index in [9.17, 15) is 35.4 Å². The van der Waals surface area contributed by atoms with E-state index in [0.29, 0.717) is 12.8 Å². The lowest BCUT2D eigenvalue weighted by Gasteiger charge is -2.40. The molecule has 1 rings (SSSR count). The third kappa shape index (κ3) is 20.3. The summed E-state index contributed by atoms with van der Waals surface area (Å²) in [7, 11) is 0. The van der Waals surface area contributed by atoms with Gasteiger partial charge in [0.2, 0.25) is 5.91 Å². The number of rotatable bonds is 30. The summed E-state index contributed by atoms with van der Waals surface area (Å²) in [5, 5.41) is 64.1. The van der Waals surface area contributed by atoms with Gasteiger partial charge in [-0.05, 0) is 19.3 Å². The van der Waals surface area contributed by atoms with Crippen LogP contribution in [0.25, 0.3) is 0 Å². The minimum atomic E-state index is -1.61. The van der Waals surface area contributed by atoms with Crippen LogP contribution in [0.5, 0.6) is 0 Å². The number of nitrogens with one attached hydrogen (secondary N) is 1. The molecule has 1 aliphatic heterocycles. The molecule has 48 heavy (non-hydrogen) atoms. The Morgan fingerprint density at radius 2 is 1.25 bits per heavy atom. The van der Waals surface area contributed by atoms with Gasteiger partial charge in [-0.2, -0.15) is 0 Å². The van der Waals surface area contributed by atoms with Gasteiger partial charge in [0, 0.05) is 0 Å². The molecular weight excluding hydrogens is 614 g/mol. The molecule has 282 valence electrons. The minimum Gasteiger partial charge on any atom is -0.394 e. The summed E-state index contributed by atoms with van der Waals surface area (Å²) in [5.41, 5.74) is 0. The number of allylic oxidation sites excluding steroid dienone is 3. The van der Waals surface area contributed by atoms with Gasteiger partial charge in [0.25, 0.3) is 0 Å². The molecule has 1 heterocycles. The molecule has 8 atom stereocenters. The van der Waals surface area contributed by atoms with E-state index in [1.54, 1.807) is 6.08 Å². The van der Waals surface area contributed by atoms with Crippen LogP contribution >= 0.6 is 0 Å². The normalized spacial score (nSPS) is 23.5. The molecule has 1 saturated heterocycles. The maximum atomic E-state index is 12.9. The van der Waals surface area contributed by atoms with Gasteiger partial charge in [-0.25, -0.2) is 0 Å². The predicted octanol–water partition coefficient (Wildman–Crippen LogP) is 5.35. The Morgan fingerprint density at radius 3 is 1.79 bits per heavy atom. The van der Waals surface area contributed by atoms with Crippen molar-refractivity contribution < 1.29 is 44.9 Å². The van der Waals surface area contributed by atoms with Crippen molar-refractivity contribution >= 4 is 5.91 Å². The molecule has 0 saturated carbocycles. The summed E-state index contributed by atoms with van der Waals surface area (Å²) < 4.78 is 11.0. The maximum absolute atomic E-state index is 12.9. The molecule has 0 radical (unpaired) electrons. The standard InChI is InChI=1S/C38H71NO9/c1-3-5-7-9-11-13-14-15-16-17-19-21-23-25-27-32(42)37(46)39-30(31(41)26-24-22-20-18-12-10-8-6-4-2)29-47-38-36(45)35(44)34(43)33(28-40)48-38/h20,22,24,26,30-36,38,40-45H,3-19,21,23,25,27-29H2,1-2H3,(H,39,46)/b22-20+,26-24+/t30-,31+,32?,33+,34+,35?,36?,38+/m0/s1. The van der Waals surface area contributed by atoms with Crippen LogP contribution < -0.4 is 5.32 Å². The van der Waals surface area contributed by atoms with Crippen LogP contribution in [0.3, 0.4) is 0 Å². The SMILES string of the molecule is CCCCCCC/C=C/C=C/[C@@H](O)[C@H](CO[C@@H]1O[C@H](CO)[C@@H](O)C(O)C1O)NC(=O)C(O)CCCCCCCCCCCCCCCC. The van der Waals surface area contributed by atoms with Crippen LogP contribution in [0.4, 0.5) is 0 Å². The third-order valence-corrected chi connectivity index (χ3v) is 9.19. The Balaban J connectivity index is 2.51. The highest BCUT2D eigenvalue weighted by Crippen LogP contribution is 2.22. The Labute approximate surface area is 291 Å². The number of aliphatic hydroxyl groups is 6. The fraction of sp³-hybridized carbons (Fsp3) is 0.868. The first kappa shape index (κ1) is 44.7. The molecule has 10 nitrogen and oxygen atoms in total. The average Bonchev–Trinajstić information content (AvgIpc) is 3.08. The van der Waals surface area contributed by atoms with E-state index in [2.05, 4.69) is 19.2 Å². The largest absolute Gasteiger partial charge is 0.394 e. The molecule has 1 aliphatic rings. The second-order valence-electron chi connectivity index (χ2n) is 13.6. The van der Waals surface area contributed by atoms with Crippen molar-refractivity contribution in [3.63, 3.8) is 0 Å². The van der Waals surface area contributed by atoms with Crippen LogP contribution in [0.1, 0.15) is 149 Å². The lowest BCUT2D eigenvalue weighted by Crippen LogP contribution is -2.60. The van der Waals surface area contributed by atoms with Crippen LogP contribution in [0, 0.1) is 0 Å². The van der Waals surface area contributed by atoms with Gasteiger partial charge < -0.3 is 45.4 Å². The van der Waals surface area contributed by atoms with E-state index in [1.165, 1.54) is 96.0 Å². The minimum absolute atomic E-state index is 0.303. The number of unbranched alkanes of at least 4 members (excludes halogenated alkanes) is 18. The van der Waals surface area contributed by atoms with Gasteiger partial charge in [-0.3, -0.25) is 4.79 Å². The third-order valence-electron chi connectivity index (χ3n) is 9.19. The number of hydrogen-bond acceptors (Lipinski definition) is 9. The van der Waals surface area contributed by atoms with Crippen molar-refractivity contribution in [2.45, 2.75) is 198 Å². The van der Waals surface area contributed by atoms with Gasteiger partial charge in [-0.15, -0.1) is 0 Å². The Bertz CT molecular complexity index is 824. The van der Waals surface area contributed by atoms with Crippen molar-refractivity contribution in [3.05, 3.63) is 24.3 Å². The van der Waals surface area contributed by atoms with Gasteiger partial charge in [0.1, 0.15) is 30.5 Å². The molecule has 0 aromatic heterocycles. The van der Waals surface area contributed by atoms with Crippen LogP contribution in [-0.4, -0.2) is 98.7 Å². The summed E-state index contributed by atoms with van der Waals surface area (Å²) >= 11 is 0. The van der Waals surface area contributed by atoms with Crippen molar-refractivity contribution in [1.82, 2.24) is 5.32 Å². The molecule has 0 aromatic rings. The quantitative estimate of drug-likeness (QED) is 0.0389. The van der Waals surface area contributed by atoms with Gasteiger partial charge in [0.05, 0.1) is 25.4 Å². The second kappa shape index (κ2) is 29.4. The number of aliphatic hydroxyl groups excluding tert-OH is 6. The molecule has 1 fully saturated rings. The first-order valence-corrected chi connectivity index (χ1v) is 19.2. The zero-order valence-corrected chi connectivity index (χ0v) is 30.1. The highest BCUT2D eigenvalue weighted by atomic mass is 16.7. The second-order valence-corrected chi connectivity index (χ2v) is 13.6. The summed E-state index contributed by atoms with van der Waals surface area (Å²) in [6.07, 6.45) is 21.5. The first-order chi connectivity index (χ1) is 23.3. The average molecular weight is 686 g/mol. The van der Waals surface area contributed by atoms with Crippen molar-refractivity contribution in [2.24, 2.45) is 0 Å². The van der Waals surface area contributed by atoms with E-state index in [0.717, 1.165) is 32.1 Å². The molecule has 0 spiro atoms. The van der Waals surface area contributed by atoms with E-state index in [-0.39, 0.29) is 6.61 Å². The molecule has 3 unspecified atom stereocenters. The van der Waals surface area contributed by atoms with Gasteiger partial charge in [-0.1, -0.05) is 154 Å². The van der Waals surface area contributed by atoms with Gasteiger partial charge in [0.15, 0.2) is 6.29 Å². The van der Waals surface area contributed by atoms with E-state index in [1.807, 2.05) is 12.2 Å². The number of amides is 1. The number of ether oxygens (including phenoxy) is 2. The highest BCUT2D eigenvalue weighted by molar-refractivity contribution is 5.80. The molecule has 0 bridgehead atoms. The molecule has 0 aliphatic carbocycles. The summed E-state index contributed by atoms with van der Waals surface area (Å²) in [4.78, 5) is 12.9. The summed E-state index contributed by atoms with van der Waals surface area (Å²) in [5.74, 6) is -0.637. The fourth-order valence-corrected chi connectivity index (χ4v) is 5.92. The van der Waals surface area contributed by atoms with E-state index in [4.69, 9.17) is 9.47 Å². The summed E-state index contributed by atoms with van der Waals surface area (Å²) in [6, 6.07) is -1.01. The molecular formula is C38H71NO9. The van der Waals surface area contributed by atoms with E-state index >= 15 is 0 Å². The number of carbonyl (C=O) groups excluding carboxylic acids is 1. The van der Waals surface area contributed by atoms with E-state index < -0.39 is 61.5 Å². The number of carbonyl (C=O) groups is 1. The molecule has 10 heteroatoms. The Hall–Kier alpha value is -1.37. The van der Waals surface area contributed by atoms with Gasteiger partial charge >= 0.3 is 0 Å². The summed E-state index contributed by atoms with van der Waals surface area (Å²) in [6.45, 7) is 3.50. The zero-order valence-electron chi connectivity index (χ0n) is 30.1. The van der Waals surface area contributed by atoms with Crippen LogP contribution in [0.2, 0.25) is 0 Å². The predicted molar refractivity (Wildman–Crippen MR) is 190 cm³/mol. The lowest BCUT2D eigenvalue weighted by molar-refractivity contribution is -0.302. The maximum Gasteiger partial charge on any atom is 0.249 e. The Kier molecular flexibility index (Phi) is 27.3. The van der Waals surface area contributed by atoms with Crippen LogP contribution in [-0.2, 0) is 14.3 Å². The van der Waals surface area contributed by atoms with Crippen molar-refractivity contribution in [1.29, 1.82) is 0 Å². The fourth-order valence-electron chi connectivity index (χ4n) is 5.92. The van der Waals surface area contributed by atoms with Crippen molar-refractivity contribution in [3.8, 4) is 0 Å². The molecule has 7 N–H and O–H groups in total. The van der Waals surface area contributed by atoms with Crippen LogP contribution in [0.15, 0.2) is 24.3 Å². The Morgan fingerprint density at radius 1 is 0.729 bits per heavy atom. The first-order valence-electron chi connectivity index (χ1n) is 19.2. The highest BCUT2D eigenvalue weighted by Gasteiger charge is 2.44. The number of hydrogen-bond donors (Lipinski definition) is 7. The topological polar surface area (TPSA) is 169 Å². The van der Waals surface area contributed by atoms with Crippen molar-refractivity contribution in [2.75, 3.05) is 13.2 Å². The molecule has 0 aromatic carbocycles.